The molecule has 1 aromatic rings. The summed E-state index contributed by atoms with van der Waals surface area (Å²) in [4.78, 5) is 2.89. The molecule has 1 saturated carbocycles. The predicted octanol–water partition coefficient (Wildman–Crippen LogP) is 3.97. The van der Waals surface area contributed by atoms with Crippen molar-refractivity contribution in [1.29, 1.82) is 0 Å². The van der Waals surface area contributed by atoms with Crippen molar-refractivity contribution >= 4 is 11.3 Å². The van der Waals surface area contributed by atoms with Crippen molar-refractivity contribution in [2.45, 2.75) is 52.6 Å². The molecule has 0 radical (unpaired) electrons. The van der Waals surface area contributed by atoms with E-state index in [-0.39, 0.29) is 0 Å². The van der Waals surface area contributed by atoms with Gasteiger partial charge in [-0.3, -0.25) is 0 Å². The second-order valence-corrected chi connectivity index (χ2v) is 6.64. The number of hydrogen-bond donors (Lipinski definition) is 1. The molecule has 16 heavy (non-hydrogen) atoms. The Kier molecular flexibility index (Phi) is 4.04. The lowest BCUT2D eigenvalue weighted by molar-refractivity contribution is 0.206. The fraction of sp³-hybridized carbons (Fsp3) is 0.714. The van der Waals surface area contributed by atoms with Crippen molar-refractivity contribution in [2.75, 3.05) is 0 Å². The third-order valence-corrected chi connectivity index (χ3v) is 5.04. The highest BCUT2D eigenvalue weighted by molar-refractivity contribution is 7.11. The summed E-state index contributed by atoms with van der Waals surface area (Å²) >= 11 is 1.92. The molecular formula is C14H23NS. The molecule has 0 unspecified atom stereocenters. The summed E-state index contributed by atoms with van der Waals surface area (Å²) in [7, 11) is 0. The second kappa shape index (κ2) is 5.33. The fourth-order valence-electron chi connectivity index (χ4n) is 2.68. The molecule has 1 fully saturated rings. The van der Waals surface area contributed by atoms with Crippen LogP contribution in [0.2, 0.25) is 0 Å². The Morgan fingerprint density at radius 1 is 1.31 bits per heavy atom. The van der Waals surface area contributed by atoms with Crippen LogP contribution in [0.4, 0.5) is 0 Å². The van der Waals surface area contributed by atoms with E-state index in [2.05, 4.69) is 38.2 Å². The first-order valence-corrected chi connectivity index (χ1v) is 7.27. The van der Waals surface area contributed by atoms with Gasteiger partial charge >= 0.3 is 0 Å². The van der Waals surface area contributed by atoms with E-state index in [9.17, 15) is 0 Å². The summed E-state index contributed by atoms with van der Waals surface area (Å²) in [5.41, 5.74) is 0. The molecule has 0 bridgehead atoms. The monoisotopic (exact) mass is 237 g/mol. The van der Waals surface area contributed by atoms with Crippen molar-refractivity contribution in [3.63, 3.8) is 0 Å². The average Bonchev–Trinajstić information content (AvgIpc) is 2.67. The van der Waals surface area contributed by atoms with Crippen LogP contribution < -0.4 is 5.32 Å². The quantitative estimate of drug-likeness (QED) is 0.838. The van der Waals surface area contributed by atoms with Crippen LogP contribution in [0.15, 0.2) is 12.1 Å². The molecule has 1 heterocycles. The summed E-state index contributed by atoms with van der Waals surface area (Å²) in [5.74, 6) is 1.71. The van der Waals surface area contributed by atoms with E-state index in [0.717, 1.165) is 24.4 Å². The van der Waals surface area contributed by atoms with Crippen LogP contribution in [0.1, 0.15) is 42.9 Å². The van der Waals surface area contributed by atoms with Crippen molar-refractivity contribution in [1.82, 2.24) is 5.32 Å². The van der Waals surface area contributed by atoms with E-state index in [1.807, 2.05) is 11.3 Å². The minimum atomic E-state index is 0.728. The molecule has 2 rings (SSSR count). The topological polar surface area (TPSA) is 12.0 Å². The fourth-order valence-corrected chi connectivity index (χ4v) is 3.52. The Morgan fingerprint density at radius 2 is 2.12 bits per heavy atom. The van der Waals surface area contributed by atoms with Gasteiger partial charge in [0.25, 0.3) is 0 Å². The lowest BCUT2D eigenvalue weighted by Gasteiger charge is -2.34. The molecule has 0 aromatic carbocycles. The number of thiophene rings is 1. The highest BCUT2D eigenvalue weighted by Gasteiger charge is 2.26. The van der Waals surface area contributed by atoms with E-state index in [0.29, 0.717) is 0 Å². The maximum atomic E-state index is 3.74. The van der Waals surface area contributed by atoms with E-state index in [1.54, 1.807) is 0 Å². The van der Waals surface area contributed by atoms with E-state index >= 15 is 0 Å². The first kappa shape index (κ1) is 12.1. The molecule has 3 atom stereocenters. The Bertz CT molecular complexity index is 331. The van der Waals surface area contributed by atoms with E-state index in [4.69, 9.17) is 0 Å². The van der Waals surface area contributed by atoms with Crippen molar-refractivity contribution in [3.8, 4) is 0 Å². The van der Waals surface area contributed by atoms with Crippen LogP contribution in [0, 0.1) is 18.8 Å². The zero-order valence-electron chi connectivity index (χ0n) is 10.6. The van der Waals surface area contributed by atoms with Gasteiger partial charge in [0, 0.05) is 22.3 Å². The van der Waals surface area contributed by atoms with E-state index < -0.39 is 0 Å². The van der Waals surface area contributed by atoms with Gasteiger partial charge in [0.1, 0.15) is 0 Å². The molecule has 0 saturated heterocycles. The summed E-state index contributed by atoms with van der Waals surface area (Å²) in [6.07, 6.45) is 4.17. The number of rotatable bonds is 3. The van der Waals surface area contributed by atoms with Gasteiger partial charge in [-0.2, -0.15) is 0 Å². The van der Waals surface area contributed by atoms with Crippen LogP contribution >= 0.6 is 11.3 Å². The summed E-state index contributed by atoms with van der Waals surface area (Å²) in [5, 5.41) is 3.74. The minimum Gasteiger partial charge on any atom is -0.309 e. The van der Waals surface area contributed by atoms with Gasteiger partial charge in [0.15, 0.2) is 0 Å². The van der Waals surface area contributed by atoms with Gasteiger partial charge in [-0.05, 0) is 37.3 Å². The van der Waals surface area contributed by atoms with Crippen LogP contribution in [0.5, 0.6) is 0 Å². The third-order valence-electron chi connectivity index (χ3n) is 4.04. The van der Waals surface area contributed by atoms with Gasteiger partial charge in [0.2, 0.25) is 0 Å². The first-order valence-electron chi connectivity index (χ1n) is 6.45. The Morgan fingerprint density at radius 3 is 2.81 bits per heavy atom. The molecule has 2 heteroatoms. The first-order chi connectivity index (χ1) is 7.66. The molecule has 1 aliphatic carbocycles. The highest BCUT2D eigenvalue weighted by atomic mass is 32.1. The third kappa shape index (κ3) is 2.86. The minimum absolute atomic E-state index is 0.728. The zero-order chi connectivity index (χ0) is 11.5. The normalized spacial score (nSPS) is 30.6. The summed E-state index contributed by atoms with van der Waals surface area (Å²) < 4.78 is 0. The van der Waals surface area contributed by atoms with Crippen LogP contribution in [-0.4, -0.2) is 6.04 Å². The SMILES string of the molecule is Cc1ccc(CN[C@H]2CCC[C@H](C)[C@H]2C)s1. The van der Waals surface area contributed by atoms with Gasteiger partial charge in [-0.15, -0.1) is 11.3 Å². The molecule has 0 amide bonds. The standard InChI is InChI=1S/C14H23NS/c1-10-5-4-6-14(12(10)3)15-9-13-8-7-11(2)16-13/h7-8,10,12,14-15H,4-6,9H2,1-3H3/t10-,12+,14-/m0/s1. The number of nitrogens with one attached hydrogen (secondary N) is 1. The molecule has 1 aromatic heterocycles. The molecule has 1 aliphatic rings. The largest absolute Gasteiger partial charge is 0.309 e. The molecular weight excluding hydrogens is 214 g/mol. The van der Waals surface area contributed by atoms with Crippen LogP contribution in [-0.2, 0) is 6.54 Å². The lowest BCUT2D eigenvalue weighted by atomic mass is 9.78. The Labute approximate surface area is 103 Å². The maximum Gasteiger partial charge on any atom is 0.0302 e. The summed E-state index contributed by atoms with van der Waals surface area (Å²) in [6, 6.07) is 5.20. The van der Waals surface area contributed by atoms with Crippen molar-refractivity contribution in [2.24, 2.45) is 11.8 Å². The summed E-state index contributed by atoms with van der Waals surface area (Å²) in [6.45, 7) is 8.04. The van der Waals surface area contributed by atoms with Gasteiger partial charge in [0.05, 0.1) is 0 Å². The predicted molar refractivity (Wildman–Crippen MR) is 71.9 cm³/mol. The highest BCUT2D eigenvalue weighted by Crippen LogP contribution is 2.29. The van der Waals surface area contributed by atoms with Gasteiger partial charge in [-0.1, -0.05) is 26.7 Å². The Hall–Kier alpha value is -0.340. The molecule has 1 N–H and O–H groups in total. The van der Waals surface area contributed by atoms with Crippen LogP contribution in [0.3, 0.4) is 0 Å². The van der Waals surface area contributed by atoms with Crippen molar-refractivity contribution in [3.05, 3.63) is 21.9 Å². The lowest BCUT2D eigenvalue weighted by Crippen LogP contribution is -2.40. The molecule has 90 valence electrons. The Balaban J connectivity index is 1.85. The van der Waals surface area contributed by atoms with Gasteiger partial charge < -0.3 is 5.32 Å². The van der Waals surface area contributed by atoms with Gasteiger partial charge in [-0.25, -0.2) is 0 Å². The molecule has 0 aliphatic heterocycles. The average molecular weight is 237 g/mol. The maximum absolute atomic E-state index is 3.74. The van der Waals surface area contributed by atoms with Crippen LogP contribution in [0.25, 0.3) is 0 Å². The van der Waals surface area contributed by atoms with Crippen molar-refractivity contribution < 1.29 is 0 Å². The van der Waals surface area contributed by atoms with E-state index in [1.165, 1.54) is 29.0 Å². The second-order valence-electron chi connectivity index (χ2n) is 5.27. The zero-order valence-corrected chi connectivity index (χ0v) is 11.4. The molecule has 1 nitrogen and oxygen atoms in total. The smallest absolute Gasteiger partial charge is 0.0302 e. The number of aryl methyl sites for hydroxylation is 1. The number of hydrogen-bond acceptors (Lipinski definition) is 2. The molecule has 0 spiro atoms.